The molecule has 3 N–H and O–H groups in total. The number of aryl methyl sites for hydroxylation is 1. The number of hydrogen-bond donors (Lipinski definition) is 3. The van der Waals surface area contributed by atoms with Crippen molar-refractivity contribution >= 4 is 63.2 Å². The zero-order valence-electron chi connectivity index (χ0n) is 16.1. The number of carbonyl (C=O) groups is 1. The molecule has 0 fully saturated rings. The number of nitrogens with zero attached hydrogens (tertiary/aromatic N) is 1. The Labute approximate surface area is 192 Å². The zero-order chi connectivity index (χ0) is 22.1. The molecule has 0 atom stereocenters. The van der Waals surface area contributed by atoms with Crippen LogP contribution in [0.2, 0.25) is 10.0 Å². The van der Waals surface area contributed by atoms with Gasteiger partial charge in [-0.25, -0.2) is 4.98 Å². The Morgan fingerprint density at radius 3 is 2.61 bits per heavy atom. The highest BCUT2D eigenvalue weighted by molar-refractivity contribution is 7.80. The number of fused-ring (bicyclic) bond motifs is 1. The van der Waals surface area contributed by atoms with Gasteiger partial charge < -0.3 is 14.8 Å². The Hall–Kier alpha value is -3.13. The molecule has 0 saturated carbocycles. The molecule has 0 unspecified atom stereocenters. The number of carbonyl (C=O) groups excluding carboxylic acids is 1. The summed E-state index contributed by atoms with van der Waals surface area (Å²) >= 11 is 17.1. The number of nitrogens with one attached hydrogen (secondary N) is 2. The first kappa shape index (κ1) is 21.1. The molecule has 9 heteroatoms. The highest BCUT2D eigenvalue weighted by Gasteiger charge is 2.16. The number of aromatic nitrogens is 1. The number of para-hydroxylation sites is 2. The molecule has 6 nitrogen and oxygen atoms in total. The Morgan fingerprint density at radius 2 is 1.87 bits per heavy atom. The molecule has 1 aromatic heterocycles. The monoisotopic (exact) mass is 471 g/mol. The Bertz CT molecular complexity index is 1300. The van der Waals surface area contributed by atoms with E-state index in [4.69, 9.17) is 39.8 Å². The van der Waals surface area contributed by atoms with E-state index in [9.17, 15) is 9.90 Å². The molecule has 4 rings (SSSR count). The molecular weight excluding hydrogens is 457 g/mol. The van der Waals surface area contributed by atoms with Crippen molar-refractivity contribution in [1.82, 2.24) is 10.3 Å². The summed E-state index contributed by atoms with van der Waals surface area (Å²) in [5, 5.41) is 16.7. The summed E-state index contributed by atoms with van der Waals surface area (Å²) in [7, 11) is 0. The minimum Gasteiger partial charge on any atom is -0.507 e. The Kier molecular flexibility index (Phi) is 5.82. The van der Waals surface area contributed by atoms with E-state index in [0.29, 0.717) is 38.5 Å². The first-order chi connectivity index (χ1) is 14.8. The topological polar surface area (TPSA) is 87.4 Å². The lowest BCUT2D eigenvalue weighted by molar-refractivity contribution is 0.0977. The maximum atomic E-state index is 12.4. The van der Waals surface area contributed by atoms with E-state index in [2.05, 4.69) is 15.6 Å². The predicted octanol–water partition coefficient (Wildman–Crippen LogP) is 5.94. The number of phenols is 1. The highest BCUT2D eigenvalue weighted by atomic mass is 35.5. The van der Waals surface area contributed by atoms with Crippen LogP contribution < -0.4 is 10.6 Å². The van der Waals surface area contributed by atoms with Crippen LogP contribution in [0.15, 0.2) is 59.0 Å². The molecule has 0 aliphatic carbocycles. The van der Waals surface area contributed by atoms with Crippen molar-refractivity contribution in [3.8, 4) is 17.2 Å². The summed E-state index contributed by atoms with van der Waals surface area (Å²) in [4.78, 5) is 16.8. The van der Waals surface area contributed by atoms with E-state index in [-0.39, 0.29) is 21.8 Å². The number of benzene rings is 3. The molecule has 1 heterocycles. The van der Waals surface area contributed by atoms with Gasteiger partial charge in [0.25, 0.3) is 5.91 Å². The minimum absolute atomic E-state index is 0.0443. The second kappa shape index (κ2) is 8.55. The molecule has 1 amide bonds. The van der Waals surface area contributed by atoms with Crippen LogP contribution >= 0.6 is 35.4 Å². The maximum Gasteiger partial charge on any atom is 0.257 e. The minimum atomic E-state index is -0.439. The van der Waals surface area contributed by atoms with Gasteiger partial charge in [0.05, 0.1) is 15.6 Å². The van der Waals surface area contributed by atoms with Crippen molar-refractivity contribution in [2.45, 2.75) is 6.92 Å². The van der Waals surface area contributed by atoms with Crippen LogP contribution in [0.1, 0.15) is 15.9 Å². The van der Waals surface area contributed by atoms with Crippen LogP contribution in [0, 0.1) is 6.92 Å². The van der Waals surface area contributed by atoms with E-state index >= 15 is 0 Å². The van der Waals surface area contributed by atoms with Gasteiger partial charge in [0.1, 0.15) is 11.3 Å². The molecule has 156 valence electrons. The third-order valence-electron chi connectivity index (χ3n) is 4.49. The lowest BCUT2D eigenvalue weighted by atomic mass is 10.1. The Balaban J connectivity index is 1.56. The van der Waals surface area contributed by atoms with Crippen molar-refractivity contribution < 1.29 is 14.3 Å². The zero-order valence-corrected chi connectivity index (χ0v) is 18.4. The summed E-state index contributed by atoms with van der Waals surface area (Å²) in [5.74, 6) is -0.121. The number of halogens is 2. The van der Waals surface area contributed by atoms with Gasteiger partial charge in [-0.2, -0.15) is 0 Å². The van der Waals surface area contributed by atoms with Crippen molar-refractivity contribution in [3.05, 3.63) is 75.8 Å². The molecule has 3 aromatic carbocycles. The number of phenolic OH excluding ortho intramolecular Hbond substituents is 1. The number of thiocarbonyl (C=S) groups is 1. The number of oxazole rings is 1. The van der Waals surface area contributed by atoms with Crippen LogP contribution in [0.3, 0.4) is 0 Å². The molecule has 0 aliphatic heterocycles. The third kappa shape index (κ3) is 4.49. The van der Waals surface area contributed by atoms with Gasteiger partial charge in [0.15, 0.2) is 10.7 Å². The molecule has 0 spiro atoms. The van der Waals surface area contributed by atoms with E-state index in [1.165, 1.54) is 12.1 Å². The largest absolute Gasteiger partial charge is 0.507 e. The molecular formula is C22H15Cl2N3O3S. The van der Waals surface area contributed by atoms with Crippen LogP contribution in [0.5, 0.6) is 5.75 Å². The van der Waals surface area contributed by atoms with E-state index in [1.54, 1.807) is 31.2 Å². The van der Waals surface area contributed by atoms with Crippen molar-refractivity contribution in [3.63, 3.8) is 0 Å². The molecule has 0 aliphatic rings. The summed E-state index contributed by atoms with van der Waals surface area (Å²) in [5.41, 5.74) is 3.13. The summed E-state index contributed by atoms with van der Waals surface area (Å²) in [6.45, 7) is 1.74. The van der Waals surface area contributed by atoms with E-state index in [1.807, 2.05) is 18.2 Å². The van der Waals surface area contributed by atoms with Gasteiger partial charge in [-0.3, -0.25) is 10.1 Å². The standard InChI is InChI=1S/C22H15Cl2N3O3S/c1-11-8-13(25-22(31)27-20(29)12-6-7-15(23)16(24)9-12)10-14(19(11)28)21-26-17-4-2-3-5-18(17)30-21/h2-10,28H,1H3,(H2,25,27,29,31). The average molecular weight is 472 g/mol. The summed E-state index contributed by atoms with van der Waals surface area (Å²) < 4.78 is 5.77. The van der Waals surface area contributed by atoms with E-state index < -0.39 is 5.91 Å². The van der Waals surface area contributed by atoms with Crippen LogP contribution in [0.25, 0.3) is 22.6 Å². The molecule has 0 saturated heterocycles. The normalized spacial score (nSPS) is 10.8. The SMILES string of the molecule is Cc1cc(NC(=S)NC(=O)c2ccc(Cl)c(Cl)c2)cc(-c2nc3ccccc3o2)c1O. The van der Waals surface area contributed by atoms with E-state index in [0.717, 1.165) is 0 Å². The fourth-order valence-electron chi connectivity index (χ4n) is 2.98. The Morgan fingerprint density at radius 1 is 1.10 bits per heavy atom. The first-order valence-corrected chi connectivity index (χ1v) is 10.2. The second-order valence-electron chi connectivity index (χ2n) is 6.71. The first-order valence-electron chi connectivity index (χ1n) is 9.09. The summed E-state index contributed by atoms with van der Waals surface area (Å²) in [6, 6.07) is 15.2. The van der Waals surface area contributed by atoms with Gasteiger partial charge in [-0.1, -0.05) is 35.3 Å². The smallest absolute Gasteiger partial charge is 0.257 e. The van der Waals surface area contributed by atoms with Gasteiger partial charge >= 0.3 is 0 Å². The number of hydrogen-bond acceptors (Lipinski definition) is 5. The molecule has 0 radical (unpaired) electrons. The molecule has 0 bridgehead atoms. The van der Waals surface area contributed by atoms with Gasteiger partial charge in [0.2, 0.25) is 5.89 Å². The van der Waals surface area contributed by atoms with Gasteiger partial charge in [-0.05, 0) is 67.2 Å². The van der Waals surface area contributed by atoms with Crippen LogP contribution in [0.4, 0.5) is 5.69 Å². The van der Waals surface area contributed by atoms with Crippen molar-refractivity contribution in [2.75, 3.05) is 5.32 Å². The molecule has 4 aromatic rings. The average Bonchev–Trinajstić information content (AvgIpc) is 3.16. The van der Waals surface area contributed by atoms with Gasteiger partial charge in [0, 0.05) is 11.3 Å². The lowest BCUT2D eigenvalue weighted by Crippen LogP contribution is -2.34. The quantitative estimate of drug-likeness (QED) is 0.253. The number of aromatic hydroxyl groups is 1. The number of rotatable bonds is 3. The van der Waals surface area contributed by atoms with Crippen LogP contribution in [-0.2, 0) is 0 Å². The predicted molar refractivity (Wildman–Crippen MR) is 126 cm³/mol. The number of anilines is 1. The third-order valence-corrected chi connectivity index (χ3v) is 5.43. The maximum absolute atomic E-state index is 12.4. The van der Waals surface area contributed by atoms with Crippen molar-refractivity contribution in [1.29, 1.82) is 0 Å². The van der Waals surface area contributed by atoms with Gasteiger partial charge in [-0.15, -0.1) is 0 Å². The fraction of sp³-hybridized carbons (Fsp3) is 0.0455. The number of amides is 1. The lowest BCUT2D eigenvalue weighted by Gasteiger charge is -2.13. The van der Waals surface area contributed by atoms with Crippen molar-refractivity contribution in [2.24, 2.45) is 0 Å². The summed E-state index contributed by atoms with van der Waals surface area (Å²) in [6.07, 6.45) is 0. The molecule has 31 heavy (non-hydrogen) atoms. The fourth-order valence-corrected chi connectivity index (χ4v) is 3.49. The highest BCUT2D eigenvalue weighted by Crippen LogP contribution is 2.36. The second-order valence-corrected chi connectivity index (χ2v) is 7.94. The van der Waals surface area contributed by atoms with Crippen LogP contribution in [-0.4, -0.2) is 21.1 Å².